The third kappa shape index (κ3) is 2.80. The number of aromatic nitrogens is 5. The van der Waals surface area contributed by atoms with Crippen molar-refractivity contribution >= 4 is 26.7 Å². The molecule has 0 aliphatic carbocycles. The maximum absolute atomic E-state index is 12.2. The Morgan fingerprint density at radius 1 is 1.24 bits per heavy atom. The third-order valence-electron chi connectivity index (χ3n) is 2.80. The van der Waals surface area contributed by atoms with Gasteiger partial charge in [-0.1, -0.05) is 5.21 Å². The maximum atomic E-state index is 12.2. The number of anilines is 1. The monoisotopic (exact) mass is 305 g/mol. The second kappa shape index (κ2) is 5.07. The molecule has 4 N–H and O–H groups in total. The van der Waals surface area contributed by atoms with Crippen LogP contribution in [0.1, 0.15) is 5.82 Å². The summed E-state index contributed by atoms with van der Waals surface area (Å²) in [5.41, 5.74) is 6.22. The van der Waals surface area contributed by atoms with Crippen LogP contribution in [0.3, 0.4) is 0 Å². The van der Waals surface area contributed by atoms with Gasteiger partial charge in [-0.2, -0.15) is 5.21 Å². The number of sulfonamides is 1. The molecule has 0 saturated heterocycles. The smallest absolute Gasteiger partial charge is 0.241 e. The summed E-state index contributed by atoms with van der Waals surface area (Å²) in [5.74, 6) is 0.641. The van der Waals surface area contributed by atoms with Crippen LogP contribution >= 0.6 is 0 Å². The van der Waals surface area contributed by atoms with E-state index in [-0.39, 0.29) is 17.3 Å². The minimum absolute atomic E-state index is 0.0448. The Morgan fingerprint density at radius 3 is 2.86 bits per heavy atom. The van der Waals surface area contributed by atoms with Crippen LogP contribution < -0.4 is 10.5 Å². The second-order valence-corrected chi connectivity index (χ2v) is 6.01. The van der Waals surface area contributed by atoms with Crippen LogP contribution in [0, 0.1) is 0 Å². The van der Waals surface area contributed by atoms with Crippen LogP contribution in [0.5, 0.6) is 0 Å². The van der Waals surface area contributed by atoms with Crippen molar-refractivity contribution in [2.24, 2.45) is 0 Å². The molecule has 0 unspecified atom stereocenters. The number of aromatic amines is 1. The molecule has 9 nitrogen and oxygen atoms in total. The fourth-order valence-electron chi connectivity index (χ4n) is 1.79. The van der Waals surface area contributed by atoms with Gasteiger partial charge in [0.15, 0.2) is 5.82 Å². The van der Waals surface area contributed by atoms with Crippen molar-refractivity contribution in [2.45, 2.75) is 11.4 Å². The van der Waals surface area contributed by atoms with Gasteiger partial charge >= 0.3 is 0 Å². The van der Waals surface area contributed by atoms with Gasteiger partial charge < -0.3 is 5.73 Å². The van der Waals surface area contributed by atoms with Crippen molar-refractivity contribution in [3.63, 3.8) is 0 Å². The minimum atomic E-state index is -3.67. The second-order valence-electron chi connectivity index (χ2n) is 4.24. The predicted molar refractivity (Wildman–Crippen MR) is 74.4 cm³/mol. The summed E-state index contributed by atoms with van der Waals surface area (Å²) < 4.78 is 26.8. The molecule has 0 spiro atoms. The first-order valence-electron chi connectivity index (χ1n) is 5.93. The summed E-state index contributed by atoms with van der Waals surface area (Å²) >= 11 is 0. The number of benzene rings is 1. The van der Waals surface area contributed by atoms with Crippen molar-refractivity contribution in [3.05, 3.63) is 36.2 Å². The standard InChI is InChI=1S/C11H11N7O2S/c12-10-4-1-7-5-8(2-3-9(7)14-10)21(19,20)13-6-11-15-17-18-16-11/h1-5,13H,6H2,(H2,12,14)(H,15,16,17,18). The number of rotatable bonds is 4. The molecule has 0 atom stereocenters. The highest BCUT2D eigenvalue weighted by Gasteiger charge is 2.15. The van der Waals surface area contributed by atoms with Crippen molar-refractivity contribution in [2.75, 3.05) is 5.73 Å². The molecule has 0 aliphatic rings. The highest BCUT2D eigenvalue weighted by molar-refractivity contribution is 7.89. The zero-order valence-corrected chi connectivity index (χ0v) is 11.5. The summed E-state index contributed by atoms with van der Waals surface area (Å²) in [4.78, 5) is 4.25. The Bertz CT molecular complexity index is 877. The number of nitrogens with two attached hydrogens (primary N) is 1. The number of nitrogen functional groups attached to an aromatic ring is 1. The zero-order chi connectivity index (χ0) is 14.9. The van der Waals surface area contributed by atoms with Crippen molar-refractivity contribution < 1.29 is 8.42 Å². The highest BCUT2D eigenvalue weighted by Crippen LogP contribution is 2.18. The zero-order valence-electron chi connectivity index (χ0n) is 10.7. The van der Waals surface area contributed by atoms with E-state index in [0.717, 1.165) is 0 Å². The van der Waals surface area contributed by atoms with Crippen LogP contribution in [0.25, 0.3) is 10.9 Å². The van der Waals surface area contributed by atoms with E-state index >= 15 is 0 Å². The van der Waals surface area contributed by atoms with Gasteiger partial charge in [0.25, 0.3) is 0 Å². The lowest BCUT2D eigenvalue weighted by atomic mass is 10.2. The van der Waals surface area contributed by atoms with Crippen LogP contribution in [-0.2, 0) is 16.6 Å². The fraction of sp³-hybridized carbons (Fsp3) is 0.0909. The molecular weight excluding hydrogens is 294 g/mol. The molecule has 0 aliphatic heterocycles. The van der Waals surface area contributed by atoms with E-state index in [1.165, 1.54) is 12.1 Å². The first-order valence-corrected chi connectivity index (χ1v) is 7.41. The summed E-state index contributed by atoms with van der Waals surface area (Å²) in [6, 6.07) is 7.93. The van der Waals surface area contributed by atoms with E-state index in [4.69, 9.17) is 5.73 Å². The molecule has 0 radical (unpaired) electrons. The molecule has 3 rings (SSSR count). The number of tetrazole rings is 1. The first kappa shape index (κ1) is 13.4. The first-order chi connectivity index (χ1) is 10.0. The molecule has 0 amide bonds. The number of nitrogens with zero attached hydrogens (tertiary/aromatic N) is 4. The number of nitrogens with one attached hydrogen (secondary N) is 2. The lowest BCUT2D eigenvalue weighted by Gasteiger charge is -2.06. The van der Waals surface area contributed by atoms with Gasteiger partial charge in [-0.3, -0.25) is 0 Å². The van der Waals surface area contributed by atoms with Crippen LogP contribution in [0.4, 0.5) is 5.82 Å². The van der Waals surface area contributed by atoms with E-state index in [1.54, 1.807) is 18.2 Å². The summed E-state index contributed by atoms with van der Waals surface area (Å²) in [7, 11) is -3.67. The van der Waals surface area contributed by atoms with Gasteiger partial charge in [-0.25, -0.2) is 18.1 Å². The average molecular weight is 305 g/mol. The molecule has 0 fully saturated rings. The van der Waals surface area contributed by atoms with Gasteiger partial charge in [0.2, 0.25) is 10.0 Å². The molecule has 108 valence electrons. The number of hydrogen-bond donors (Lipinski definition) is 3. The van der Waals surface area contributed by atoms with Crippen molar-refractivity contribution in [1.82, 2.24) is 30.3 Å². The number of H-pyrrole nitrogens is 1. The van der Waals surface area contributed by atoms with Gasteiger partial charge in [0.05, 0.1) is 17.0 Å². The van der Waals surface area contributed by atoms with Crippen LogP contribution in [0.15, 0.2) is 35.2 Å². The van der Waals surface area contributed by atoms with Gasteiger partial charge in [0, 0.05) is 5.39 Å². The third-order valence-corrected chi connectivity index (χ3v) is 4.20. The fourth-order valence-corrected chi connectivity index (χ4v) is 2.80. The van der Waals surface area contributed by atoms with E-state index in [9.17, 15) is 8.42 Å². The van der Waals surface area contributed by atoms with Crippen LogP contribution in [-0.4, -0.2) is 34.0 Å². The largest absolute Gasteiger partial charge is 0.384 e. The Kier molecular flexibility index (Phi) is 3.23. The Balaban J connectivity index is 1.89. The Morgan fingerprint density at radius 2 is 2.10 bits per heavy atom. The number of hydrogen-bond acceptors (Lipinski definition) is 7. The van der Waals surface area contributed by atoms with Gasteiger partial charge in [-0.05, 0) is 30.3 Å². The maximum Gasteiger partial charge on any atom is 0.241 e. The summed E-state index contributed by atoms with van der Waals surface area (Å²) in [6.45, 7) is -0.0448. The van der Waals surface area contributed by atoms with E-state index in [0.29, 0.717) is 16.7 Å². The molecule has 10 heteroatoms. The quantitative estimate of drug-likeness (QED) is 0.606. The molecule has 21 heavy (non-hydrogen) atoms. The van der Waals surface area contributed by atoms with Crippen LogP contribution in [0.2, 0.25) is 0 Å². The molecular formula is C11H11N7O2S. The molecule has 2 aromatic heterocycles. The molecule has 3 aromatic rings. The Hall–Kier alpha value is -2.59. The topological polar surface area (TPSA) is 140 Å². The van der Waals surface area contributed by atoms with Crippen molar-refractivity contribution in [3.8, 4) is 0 Å². The average Bonchev–Trinajstić information content (AvgIpc) is 2.98. The predicted octanol–water partition coefficient (Wildman–Crippen LogP) is -0.191. The Labute approximate surface area is 119 Å². The van der Waals surface area contributed by atoms with E-state index < -0.39 is 10.0 Å². The SMILES string of the molecule is Nc1ccc2cc(S(=O)(=O)NCc3nn[nH]n3)ccc2n1. The molecule has 0 bridgehead atoms. The molecule has 2 heterocycles. The number of pyridine rings is 1. The van der Waals surface area contributed by atoms with E-state index in [2.05, 4.69) is 30.3 Å². The van der Waals surface area contributed by atoms with Gasteiger partial charge in [-0.15, -0.1) is 10.2 Å². The lowest BCUT2D eigenvalue weighted by Crippen LogP contribution is -2.23. The minimum Gasteiger partial charge on any atom is -0.384 e. The summed E-state index contributed by atoms with van der Waals surface area (Å²) in [5, 5.41) is 13.6. The lowest BCUT2D eigenvalue weighted by molar-refractivity contribution is 0.579. The molecule has 0 saturated carbocycles. The van der Waals surface area contributed by atoms with Crippen molar-refractivity contribution in [1.29, 1.82) is 0 Å². The van der Waals surface area contributed by atoms with Gasteiger partial charge in [0.1, 0.15) is 5.82 Å². The van der Waals surface area contributed by atoms with E-state index in [1.807, 2.05) is 0 Å². The molecule has 1 aromatic carbocycles. The number of fused-ring (bicyclic) bond motifs is 1. The highest BCUT2D eigenvalue weighted by atomic mass is 32.2. The normalized spacial score (nSPS) is 11.8. The summed E-state index contributed by atoms with van der Waals surface area (Å²) in [6.07, 6.45) is 0.